The number of rotatable bonds is 6. The molecule has 0 spiro atoms. The van der Waals surface area contributed by atoms with Crippen LogP contribution in [-0.4, -0.2) is 18.8 Å². The van der Waals surface area contributed by atoms with Gasteiger partial charge in [0.15, 0.2) is 0 Å². The predicted octanol–water partition coefficient (Wildman–Crippen LogP) is 4.63. The molecule has 1 aliphatic rings. The Morgan fingerprint density at radius 1 is 1.24 bits per heavy atom. The monoisotopic (exact) mass is 289 g/mol. The number of likely N-dealkylation sites (N-methyl/N-ethyl adjacent to an activating group) is 1. The zero-order valence-electron chi connectivity index (χ0n) is 14.1. The number of nitrogens with one attached hydrogen (secondary N) is 1. The second kappa shape index (κ2) is 7.95. The Bertz CT molecular complexity index is 414. The van der Waals surface area contributed by atoms with Crippen molar-refractivity contribution in [3.63, 3.8) is 0 Å². The van der Waals surface area contributed by atoms with Gasteiger partial charge in [-0.3, -0.25) is 0 Å². The summed E-state index contributed by atoms with van der Waals surface area (Å²) in [5, 5.41) is 3.59. The van der Waals surface area contributed by atoms with Gasteiger partial charge in [-0.25, -0.2) is 0 Å². The molecule has 0 bridgehead atoms. The third-order valence-electron chi connectivity index (χ3n) is 4.63. The quantitative estimate of drug-likeness (QED) is 0.824. The Kier molecular flexibility index (Phi) is 6.25. The van der Waals surface area contributed by atoms with Crippen LogP contribution in [0.5, 0.6) is 0 Å². The fourth-order valence-electron chi connectivity index (χ4n) is 3.43. The molecule has 0 aliphatic heterocycles. The second-order valence-electron chi connectivity index (χ2n) is 6.68. The topological polar surface area (TPSA) is 21.3 Å². The Hall–Kier alpha value is -0.860. The van der Waals surface area contributed by atoms with Crippen molar-refractivity contribution in [3.05, 3.63) is 35.4 Å². The first kappa shape index (κ1) is 16.5. The summed E-state index contributed by atoms with van der Waals surface area (Å²) in [7, 11) is 0. The van der Waals surface area contributed by atoms with Gasteiger partial charge in [0.25, 0.3) is 0 Å². The molecule has 1 aromatic rings. The van der Waals surface area contributed by atoms with Crippen LogP contribution in [0.2, 0.25) is 0 Å². The lowest BCUT2D eigenvalue weighted by molar-refractivity contribution is -0.0462. The van der Waals surface area contributed by atoms with E-state index >= 15 is 0 Å². The van der Waals surface area contributed by atoms with Crippen LogP contribution >= 0.6 is 0 Å². The van der Waals surface area contributed by atoms with Crippen molar-refractivity contribution in [1.82, 2.24) is 5.32 Å². The Balaban J connectivity index is 2.01. The molecule has 1 aromatic carbocycles. The van der Waals surface area contributed by atoms with Crippen LogP contribution in [-0.2, 0) is 4.74 Å². The molecule has 4 atom stereocenters. The standard InChI is InChI=1S/C19H31NO/c1-5-20-19(17-11-9-14(2)10-12-17)16(4)21-18-8-6-7-15(3)13-18/h9-12,15-16,18-20H,5-8,13H2,1-4H3. The number of hydrogen-bond acceptors (Lipinski definition) is 2. The molecule has 2 heteroatoms. The maximum absolute atomic E-state index is 6.40. The highest BCUT2D eigenvalue weighted by Crippen LogP contribution is 2.29. The van der Waals surface area contributed by atoms with E-state index in [1.54, 1.807) is 0 Å². The molecule has 0 heterocycles. The van der Waals surface area contributed by atoms with Gasteiger partial charge in [-0.15, -0.1) is 0 Å². The third-order valence-corrected chi connectivity index (χ3v) is 4.63. The molecule has 0 amide bonds. The van der Waals surface area contributed by atoms with E-state index in [4.69, 9.17) is 4.74 Å². The van der Waals surface area contributed by atoms with Gasteiger partial charge >= 0.3 is 0 Å². The lowest BCUT2D eigenvalue weighted by Gasteiger charge is -2.33. The summed E-state index contributed by atoms with van der Waals surface area (Å²) in [6.45, 7) is 9.83. The maximum Gasteiger partial charge on any atom is 0.0745 e. The third kappa shape index (κ3) is 4.82. The molecule has 0 radical (unpaired) electrons. The Morgan fingerprint density at radius 2 is 1.95 bits per heavy atom. The first-order valence-corrected chi connectivity index (χ1v) is 8.55. The average molecular weight is 289 g/mol. The molecule has 1 aliphatic carbocycles. The number of aryl methyl sites for hydroxylation is 1. The van der Waals surface area contributed by atoms with E-state index < -0.39 is 0 Å². The van der Waals surface area contributed by atoms with Crippen molar-refractivity contribution in [2.45, 2.75) is 71.6 Å². The number of benzene rings is 1. The molecule has 1 fully saturated rings. The van der Waals surface area contributed by atoms with Crippen LogP contribution in [0, 0.1) is 12.8 Å². The second-order valence-corrected chi connectivity index (χ2v) is 6.68. The highest BCUT2D eigenvalue weighted by atomic mass is 16.5. The van der Waals surface area contributed by atoms with E-state index in [0.29, 0.717) is 6.10 Å². The van der Waals surface area contributed by atoms with Gasteiger partial charge in [0.1, 0.15) is 0 Å². The number of hydrogen-bond donors (Lipinski definition) is 1. The molecule has 2 nitrogen and oxygen atoms in total. The van der Waals surface area contributed by atoms with Crippen LogP contribution < -0.4 is 5.32 Å². The first-order chi connectivity index (χ1) is 10.1. The van der Waals surface area contributed by atoms with E-state index in [1.165, 1.54) is 36.8 Å². The maximum atomic E-state index is 6.40. The van der Waals surface area contributed by atoms with Crippen LogP contribution in [0.25, 0.3) is 0 Å². The largest absolute Gasteiger partial charge is 0.373 e. The van der Waals surface area contributed by atoms with Crippen molar-refractivity contribution < 1.29 is 4.74 Å². The van der Waals surface area contributed by atoms with Gasteiger partial charge < -0.3 is 10.1 Å². The van der Waals surface area contributed by atoms with Gasteiger partial charge in [0, 0.05) is 0 Å². The minimum atomic E-state index is 0.211. The molecule has 0 saturated heterocycles. The minimum absolute atomic E-state index is 0.211. The van der Waals surface area contributed by atoms with Gasteiger partial charge in [0.2, 0.25) is 0 Å². The molecule has 118 valence electrons. The summed E-state index contributed by atoms with van der Waals surface area (Å²) in [5.41, 5.74) is 2.64. The summed E-state index contributed by atoms with van der Waals surface area (Å²) in [5.74, 6) is 0.813. The molecule has 2 rings (SSSR count). The molecule has 1 saturated carbocycles. The van der Waals surface area contributed by atoms with Crippen LogP contribution in [0.1, 0.15) is 63.6 Å². The van der Waals surface area contributed by atoms with E-state index in [-0.39, 0.29) is 12.1 Å². The first-order valence-electron chi connectivity index (χ1n) is 8.55. The smallest absolute Gasteiger partial charge is 0.0745 e. The van der Waals surface area contributed by atoms with Crippen molar-refractivity contribution >= 4 is 0 Å². The fraction of sp³-hybridized carbons (Fsp3) is 0.684. The lowest BCUT2D eigenvalue weighted by Crippen LogP contribution is -2.35. The van der Waals surface area contributed by atoms with Gasteiger partial charge in [-0.2, -0.15) is 0 Å². The predicted molar refractivity (Wildman–Crippen MR) is 89.6 cm³/mol. The molecular weight excluding hydrogens is 258 g/mol. The molecular formula is C19H31NO. The van der Waals surface area contributed by atoms with Crippen molar-refractivity contribution in [3.8, 4) is 0 Å². The summed E-state index contributed by atoms with van der Waals surface area (Å²) in [6, 6.07) is 9.12. The van der Waals surface area contributed by atoms with Crippen LogP contribution in [0.4, 0.5) is 0 Å². The number of ether oxygens (including phenoxy) is 1. The molecule has 0 aromatic heterocycles. The normalized spacial score (nSPS) is 25.5. The summed E-state index contributed by atoms with van der Waals surface area (Å²) < 4.78 is 6.40. The SMILES string of the molecule is CCNC(c1ccc(C)cc1)C(C)OC1CCCC(C)C1. The summed E-state index contributed by atoms with van der Waals surface area (Å²) in [6.07, 6.45) is 5.77. The van der Waals surface area contributed by atoms with E-state index in [0.717, 1.165) is 12.5 Å². The molecule has 4 unspecified atom stereocenters. The van der Waals surface area contributed by atoms with Crippen molar-refractivity contribution in [1.29, 1.82) is 0 Å². The lowest BCUT2D eigenvalue weighted by atomic mass is 9.88. The van der Waals surface area contributed by atoms with E-state index in [2.05, 4.69) is 57.3 Å². The van der Waals surface area contributed by atoms with E-state index in [9.17, 15) is 0 Å². The minimum Gasteiger partial charge on any atom is -0.373 e. The Morgan fingerprint density at radius 3 is 2.57 bits per heavy atom. The highest BCUT2D eigenvalue weighted by Gasteiger charge is 2.25. The van der Waals surface area contributed by atoms with Gasteiger partial charge in [0.05, 0.1) is 18.2 Å². The Labute approximate surface area is 130 Å². The average Bonchev–Trinajstić information content (AvgIpc) is 2.46. The summed E-state index contributed by atoms with van der Waals surface area (Å²) in [4.78, 5) is 0. The van der Waals surface area contributed by atoms with Crippen LogP contribution in [0.15, 0.2) is 24.3 Å². The van der Waals surface area contributed by atoms with Crippen molar-refractivity contribution in [2.75, 3.05) is 6.54 Å². The van der Waals surface area contributed by atoms with Crippen molar-refractivity contribution in [2.24, 2.45) is 5.92 Å². The molecule has 21 heavy (non-hydrogen) atoms. The van der Waals surface area contributed by atoms with Gasteiger partial charge in [-0.1, -0.05) is 56.5 Å². The van der Waals surface area contributed by atoms with Gasteiger partial charge in [-0.05, 0) is 44.7 Å². The zero-order chi connectivity index (χ0) is 15.2. The van der Waals surface area contributed by atoms with Crippen LogP contribution in [0.3, 0.4) is 0 Å². The van der Waals surface area contributed by atoms with E-state index in [1.807, 2.05) is 0 Å². The summed E-state index contributed by atoms with van der Waals surface area (Å²) >= 11 is 0. The molecule has 1 N–H and O–H groups in total. The highest BCUT2D eigenvalue weighted by molar-refractivity contribution is 5.24. The fourth-order valence-corrected chi connectivity index (χ4v) is 3.43. The zero-order valence-corrected chi connectivity index (χ0v) is 14.1.